The second-order valence-electron chi connectivity index (χ2n) is 15.9. The standard InChI is InChI=1S/2C22H45NO2.CH4O3S.ClH/c2*1-2-3-4-5-6-7-8-9-10-11-12-13-14-15-16-17-22(25)18-19-23-20-21-24;1-5(2,3)4;/h2*23-24H,2-21H2,1H3;1H3,(H,2,3,4);1H. The van der Waals surface area contributed by atoms with Gasteiger partial charge in [0.15, 0.2) is 0 Å². The number of quaternary nitrogens is 2. The van der Waals surface area contributed by atoms with Crippen LogP contribution in [0.25, 0.3) is 0 Å². The minimum atomic E-state index is -3.92. The first-order chi connectivity index (χ1) is 26.6. The van der Waals surface area contributed by atoms with E-state index >= 15 is 0 Å². The van der Waals surface area contributed by atoms with Crippen LogP contribution in [0.3, 0.4) is 0 Å². The van der Waals surface area contributed by atoms with E-state index in [2.05, 4.69) is 13.8 Å². The van der Waals surface area contributed by atoms with Crippen LogP contribution >= 0.6 is 0 Å². The number of unbranched alkanes of at least 4 members (excludes halogenated alkanes) is 28. The molecule has 0 spiro atoms. The fraction of sp³-hybridized carbons (Fsp3) is 0.956. The van der Waals surface area contributed by atoms with Crippen molar-refractivity contribution in [3.05, 3.63) is 0 Å². The van der Waals surface area contributed by atoms with Gasteiger partial charge >= 0.3 is 0 Å². The van der Waals surface area contributed by atoms with E-state index in [0.29, 0.717) is 43.8 Å². The molecule has 0 rings (SSSR count). The number of Topliss-reactive ketones (excluding diaryl/α,β-unsaturated/α-hetero) is 2. The maximum Gasteiger partial charge on any atom is 0.138 e. The Hall–Kier alpha value is -0.620. The van der Waals surface area contributed by atoms with Crippen LogP contribution in [0, 0.1) is 0 Å². The number of halogens is 1. The Balaban J connectivity index is -0.000000423. The number of ketones is 2. The van der Waals surface area contributed by atoms with Gasteiger partial charge in [0, 0.05) is 19.1 Å². The Labute approximate surface area is 354 Å². The Bertz CT molecular complexity index is 803. The molecule has 0 aromatic heterocycles. The molecule has 0 bridgehead atoms. The lowest BCUT2D eigenvalue weighted by molar-refractivity contribution is -0.655. The molecule has 0 saturated heterocycles. The van der Waals surface area contributed by atoms with Gasteiger partial charge in [-0.3, -0.25) is 9.59 Å². The van der Waals surface area contributed by atoms with Gasteiger partial charge < -0.3 is 37.8 Å². The van der Waals surface area contributed by atoms with Crippen LogP contribution in [-0.2, 0) is 19.7 Å². The summed E-state index contributed by atoms with van der Waals surface area (Å²) in [6.45, 7) is 8.05. The van der Waals surface area contributed by atoms with Crippen LogP contribution in [0.4, 0.5) is 0 Å². The third kappa shape index (κ3) is 71.1. The molecule has 0 heterocycles. The number of carbonyl (C=O) groups is 2. The molecule has 0 fully saturated rings. The van der Waals surface area contributed by atoms with Gasteiger partial charge in [0.05, 0.1) is 62.4 Å². The predicted molar refractivity (Wildman–Crippen MR) is 231 cm³/mol. The van der Waals surface area contributed by atoms with Crippen molar-refractivity contribution in [2.45, 2.75) is 232 Å². The monoisotopic (exact) mass is 843 g/mol. The molecule has 0 unspecified atom stereocenters. The Morgan fingerprint density at radius 1 is 0.411 bits per heavy atom. The lowest BCUT2D eigenvalue weighted by Crippen LogP contribution is -3.00. The molecule has 9 nitrogen and oxygen atoms in total. The van der Waals surface area contributed by atoms with Gasteiger partial charge in [-0.15, -0.1) is 0 Å². The maximum atomic E-state index is 11.7. The van der Waals surface area contributed by atoms with E-state index in [-0.39, 0.29) is 25.6 Å². The molecule has 6 N–H and O–H groups in total. The van der Waals surface area contributed by atoms with Crippen molar-refractivity contribution in [3.63, 3.8) is 0 Å². The van der Waals surface area contributed by atoms with E-state index in [4.69, 9.17) is 23.2 Å². The topological polar surface area (TPSA) is 165 Å². The normalized spacial score (nSPS) is 11.0. The fourth-order valence-electron chi connectivity index (χ4n) is 6.63. The summed E-state index contributed by atoms with van der Waals surface area (Å²) in [5, 5.41) is 21.4. The van der Waals surface area contributed by atoms with Gasteiger partial charge in [0.2, 0.25) is 0 Å². The van der Waals surface area contributed by atoms with Crippen LogP contribution in [0.1, 0.15) is 232 Å². The maximum absolute atomic E-state index is 11.7. The van der Waals surface area contributed by atoms with E-state index in [1.54, 1.807) is 0 Å². The molecule has 0 aliphatic rings. The predicted octanol–water partition coefficient (Wildman–Crippen LogP) is 5.69. The number of rotatable bonds is 42. The van der Waals surface area contributed by atoms with Crippen LogP contribution in [-0.4, -0.2) is 80.4 Å². The highest BCUT2D eigenvalue weighted by Gasteiger charge is 2.04. The zero-order chi connectivity index (χ0) is 41.4. The minimum Gasteiger partial charge on any atom is -1.00 e. The van der Waals surface area contributed by atoms with Crippen molar-refractivity contribution in [2.24, 2.45) is 0 Å². The quantitative estimate of drug-likeness (QED) is 0.0453. The molecule has 0 radical (unpaired) electrons. The molecule has 0 aliphatic heterocycles. The second-order valence-corrected chi connectivity index (χ2v) is 17.3. The van der Waals surface area contributed by atoms with Crippen molar-refractivity contribution in [3.8, 4) is 0 Å². The molecule has 0 aliphatic carbocycles. The van der Waals surface area contributed by atoms with E-state index in [1.165, 1.54) is 180 Å². The van der Waals surface area contributed by atoms with Crippen molar-refractivity contribution in [1.82, 2.24) is 0 Å². The van der Waals surface area contributed by atoms with Crippen molar-refractivity contribution in [1.29, 1.82) is 0 Å². The Morgan fingerprint density at radius 2 is 0.607 bits per heavy atom. The molecule has 0 saturated carbocycles. The SMILES string of the molecule is CCCCCCCCCCCCCCCCCC(=O)CC[NH2+]CCO.CCCCCCCCCCCCCCCCCC(=O)CC[NH2+]CCO.CS(=O)(=O)[O-].[Cl-]. The van der Waals surface area contributed by atoms with Crippen LogP contribution in [0.2, 0.25) is 0 Å². The summed E-state index contributed by atoms with van der Waals surface area (Å²) in [4.78, 5) is 23.3. The number of hydrogen-bond acceptors (Lipinski definition) is 7. The van der Waals surface area contributed by atoms with Gasteiger partial charge in [-0.2, -0.15) is 0 Å². The zero-order valence-electron chi connectivity index (χ0n) is 37.2. The highest BCUT2D eigenvalue weighted by Crippen LogP contribution is 2.15. The van der Waals surface area contributed by atoms with Crippen LogP contribution in [0.15, 0.2) is 0 Å². The summed E-state index contributed by atoms with van der Waals surface area (Å²) >= 11 is 0. The van der Waals surface area contributed by atoms with Crippen molar-refractivity contribution in [2.75, 3.05) is 45.6 Å². The summed E-state index contributed by atoms with van der Waals surface area (Å²) in [6.07, 6.45) is 44.4. The lowest BCUT2D eigenvalue weighted by Gasteiger charge is -2.03. The highest BCUT2D eigenvalue weighted by atomic mass is 35.5. The number of nitrogens with two attached hydrogens (primary N) is 2. The first kappa shape index (κ1) is 62.0. The largest absolute Gasteiger partial charge is 1.00 e. The average Bonchev–Trinajstić information content (AvgIpc) is 3.14. The number of carbonyl (C=O) groups excluding carboxylic acids is 2. The molecule has 0 atom stereocenters. The summed E-state index contributed by atoms with van der Waals surface area (Å²) in [6, 6.07) is 0. The van der Waals surface area contributed by atoms with Crippen molar-refractivity contribution < 1.29 is 55.8 Å². The number of hydrogen-bond donors (Lipinski definition) is 4. The summed E-state index contributed by atoms with van der Waals surface area (Å²) in [5.74, 6) is 0.785. The average molecular weight is 844 g/mol. The molecular formula is C45H95ClN2O7S. The van der Waals surface area contributed by atoms with Crippen LogP contribution < -0.4 is 23.0 Å². The lowest BCUT2D eigenvalue weighted by atomic mass is 10.0. The summed E-state index contributed by atoms with van der Waals surface area (Å²) in [5.41, 5.74) is 0. The van der Waals surface area contributed by atoms with E-state index in [9.17, 15) is 9.59 Å². The van der Waals surface area contributed by atoms with Gasteiger partial charge in [-0.25, -0.2) is 8.42 Å². The summed E-state index contributed by atoms with van der Waals surface area (Å²) in [7, 11) is -3.92. The summed E-state index contributed by atoms with van der Waals surface area (Å²) < 4.78 is 27.2. The fourth-order valence-corrected chi connectivity index (χ4v) is 6.63. The van der Waals surface area contributed by atoms with Gasteiger partial charge in [0.25, 0.3) is 0 Å². The van der Waals surface area contributed by atoms with Gasteiger partial charge in [0.1, 0.15) is 11.6 Å². The molecule has 0 aromatic carbocycles. The van der Waals surface area contributed by atoms with E-state index < -0.39 is 10.1 Å². The zero-order valence-corrected chi connectivity index (χ0v) is 38.7. The van der Waals surface area contributed by atoms with Crippen LogP contribution in [0.5, 0.6) is 0 Å². The first-order valence-electron chi connectivity index (χ1n) is 23.4. The molecule has 0 amide bonds. The minimum absolute atomic E-state index is 0. The molecule has 340 valence electrons. The van der Waals surface area contributed by atoms with Crippen molar-refractivity contribution >= 4 is 21.7 Å². The third-order valence-electron chi connectivity index (χ3n) is 10.0. The van der Waals surface area contributed by atoms with Gasteiger partial charge in [-0.1, -0.05) is 194 Å². The number of aliphatic hydroxyl groups excluding tert-OH is 2. The Morgan fingerprint density at radius 3 is 0.804 bits per heavy atom. The second kappa shape index (κ2) is 54.4. The molecule has 56 heavy (non-hydrogen) atoms. The molecule has 0 aromatic rings. The van der Waals surface area contributed by atoms with E-state index in [0.717, 1.165) is 38.8 Å². The van der Waals surface area contributed by atoms with Gasteiger partial charge in [-0.05, 0) is 12.8 Å². The number of aliphatic hydroxyl groups is 2. The van der Waals surface area contributed by atoms with E-state index in [1.807, 2.05) is 10.6 Å². The molecule has 11 heteroatoms. The Kier molecular flexibility index (Phi) is 60.2. The highest BCUT2D eigenvalue weighted by molar-refractivity contribution is 7.84. The smallest absolute Gasteiger partial charge is 0.138 e. The third-order valence-corrected chi connectivity index (χ3v) is 10.0. The molecular weight excluding hydrogens is 748 g/mol. The first-order valence-corrected chi connectivity index (χ1v) is 25.2.